The van der Waals surface area contributed by atoms with E-state index in [4.69, 9.17) is 5.26 Å². The van der Waals surface area contributed by atoms with Crippen LogP contribution in [0, 0.1) is 23.2 Å². The predicted molar refractivity (Wildman–Crippen MR) is 59.0 cm³/mol. The van der Waals surface area contributed by atoms with Crippen molar-refractivity contribution >= 4 is 5.91 Å². The Morgan fingerprint density at radius 2 is 2.07 bits per heavy atom. The molecule has 1 fully saturated rings. The lowest BCUT2D eigenvalue weighted by atomic mass is 9.85. The van der Waals surface area contributed by atoms with E-state index in [0.717, 1.165) is 6.42 Å². The van der Waals surface area contributed by atoms with Crippen LogP contribution in [0.3, 0.4) is 0 Å². The summed E-state index contributed by atoms with van der Waals surface area (Å²) in [4.78, 5) is 13.6. The minimum atomic E-state index is -0.510. The molecule has 3 atom stereocenters. The smallest absolute Gasteiger partial charge is 0.239 e. The normalized spacial score (nSPS) is 27.9. The van der Waals surface area contributed by atoms with Gasteiger partial charge in [0, 0.05) is 13.1 Å². The molecular weight excluding hydrogens is 188 g/mol. The molecule has 0 N–H and O–H groups in total. The molecule has 1 aliphatic carbocycles. The molecule has 1 rings (SSSR count). The van der Waals surface area contributed by atoms with Crippen LogP contribution in [0.15, 0.2) is 0 Å². The number of carbonyl (C=O) groups is 1. The van der Waals surface area contributed by atoms with Crippen LogP contribution < -0.4 is 0 Å². The maximum Gasteiger partial charge on any atom is 0.239 e. The Labute approximate surface area is 92.1 Å². The molecule has 0 aromatic carbocycles. The minimum absolute atomic E-state index is 0.0312. The van der Waals surface area contributed by atoms with Gasteiger partial charge in [0.1, 0.15) is 5.92 Å². The van der Waals surface area contributed by atoms with E-state index in [1.54, 1.807) is 11.8 Å². The molecule has 15 heavy (non-hydrogen) atoms. The second-order valence-corrected chi connectivity index (χ2v) is 4.63. The molecule has 1 saturated carbocycles. The molecule has 1 amide bonds. The molecule has 84 valence electrons. The Morgan fingerprint density at radius 3 is 2.60 bits per heavy atom. The fourth-order valence-electron chi connectivity index (χ4n) is 2.40. The second kappa shape index (κ2) is 5.16. The number of rotatable bonds is 2. The molecule has 0 saturated heterocycles. The summed E-state index contributed by atoms with van der Waals surface area (Å²) in [6.07, 6.45) is 4.76. The molecule has 0 aliphatic heterocycles. The molecular formula is C12H20N2O. The van der Waals surface area contributed by atoms with E-state index in [0.29, 0.717) is 12.0 Å². The highest BCUT2D eigenvalue weighted by atomic mass is 16.2. The van der Waals surface area contributed by atoms with Crippen LogP contribution in [-0.4, -0.2) is 23.9 Å². The molecule has 3 heteroatoms. The highest BCUT2D eigenvalue weighted by molar-refractivity contribution is 5.80. The standard InChI is InChI=1S/C12H20N2O/c1-9-6-4-5-7-11(9)14(3)12(15)10(2)8-13/h9-11H,4-7H2,1-3H3. The largest absolute Gasteiger partial charge is 0.341 e. The fourth-order valence-corrected chi connectivity index (χ4v) is 2.40. The minimum Gasteiger partial charge on any atom is -0.341 e. The first-order valence-corrected chi connectivity index (χ1v) is 5.74. The van der Waals surface area contributed by atoms with Crippen LogP contribution in [0.4, 0.5) is 0 Å². The van der Waals surface area contributed by atoms with Gasteiger partial charge in [-0.15, -0.1) is 0 Å². The third kappa shape index (κ3) is 2.71. The highest BCUT2D eigenvalue weighted by Gasteiger charge is 2.29. The summed E-state index contributed by atoms with van der Waals surface area (Å²) < 4.78 is 0. The summed E-state index contributed by atoms with van der Waals surface area (Å²) in [5.74, 6) is 0.0268. The SMILES string of the molecule is CC(C#N)C(=O)N(C)C1CCCCC1C. The Balaban J connectivity index is 2.62. The summed E-state index contributed by atoms with van der Waals surface area (Å²) in [6, 6.07) is 2.34. The van der Waals surface area contributed by atoms with Crippen LogP contribution in [-0.2, 0) is 4.79 Å². The van der Waals surface area contributed by atoms with Crippen molar-refractivity contribution in [1.82, 2.24) is 4.90 Å². The van der Waals surface area contributed by atoms with Crippen molar-refractivity contribution in [3.05, 3.63) is 0 Å². The van der Waals surface area contributed by atoms with Crippen molar-refractivity contribution in [2.45, 2.75) is 45.6 Å². The topological polar surface area (TPSA) is 44.1 Å². The van der Waals surface area contributed by atoms with Crippen molar-refractivity contribution < 1.29 is 4.79 Å². The lowest BCUT2D eigenvalue weighted by molar-refractivity contribution is -0.135. The summed E-state index contributed by atoms with van der Waals surface area (Å²) in [7, 11) is 1.84. The molecule has 0 aromatic rings. The molecule has 3 unspecified atom stereocenters. The number of nitriles is 1. The van der Waals surface area contributed by atoms with Gasteiger partial charge >= 0.3 is 0 Å². The van der Waals surface area contributed by atoms with Crippen LogP contribution in [0.1, 0.15) is 39.5 Å². The Kier molecular flexibility index (Phi) is 4.14. The Hall–Kier alpha value is -1.04. The first-order chi connectivity index (χ1) is 7.07. The van der Waals surface area contributed by atoms with Crippen molar-refractivity contribution in [2.75, 3.05) is 7.05 Å². The number of hydrogen-bond donors (Lipinski definition) is 0. The summed E-state index contributed by atoms with van der Waals surface area (Å²) in [5, 5.41) is 8.72. The zero-order valence-electron chi connectivity index (χ0n) is 9.86. The zero-order valence-corrected chi connectivity index (χ0v) is 9.86. The first-order valence-electron chi connectivity index (χ1n) is 5.74. The number of amides is 1. The highest BCUT2D eigenvalue weighted by Crippen LogP contribution is 2.27. The van der Waals surface area contributed by atoms with Crippen molar-refractivity contribution in [3.8, 4) is 6.07 Å². The number of hydrogen-bond acceptors (Lipinski definition) is 2. The average Bonchev–Trinajstić information content (AvgIpc) is 2.26. The van der Waals surface area contributed by atoms with E-state index in [1.807, 2.05) is 13.1 Å². The van der Waals surface area contributed by atoms with E-state index in [9.17, 15) is 4.79 Å². The molecule has 1 aliphatic rings. The van der Waals surface area contributed by atoms with Gasteiger partial charge in [0.15, 0.2) is 0 Å². The average molecular weight is 208 g/mol. The predicted octanol–water partition coefficient (Wildman–Crippen LogP) is 2.18. The Morgan fingerprint density at radius 1 is 1.47 bits per heavy atom. The van der Waals surface area contributed by atoms with Crippen LogP contribution in [0.2, 0.25) is 0 Å². The van der Waals surface area contributed by atoms with E-state index >= 15 is 0 Å². The summed E-state index contributed by atoms with van der Waals surface area (Å²) in [5.41, 5.74) is 0. The maximum atomic E-state index is 11.8. The lowest BCUT2D eigenvalue weighted by Crippen LogP contribution is -2.44. The van der Waals surface area contributed by atoms with E-state index < -0.39 is 5.92 Å². The fraction of sp³-hybridized carbons (Fsp3) is 0.833. The number of carbonyl (C=O) groups excluding carboxylic acids is 1. The van der Waals surface area contributed by atoms with Gasteiger partial charge in [-0.25, -0.2) is 0 Å². The van der Waals surface area contributed by atoms with Gasteiger partial charge in [-0.05, 0) is 25.7 Å². The molecule has 0 aromatic heterocycles. The molecule has 0 spiro atoms. The van der Waals surface area contributed by atoms with Crippen LogP contribution >= 0.6 is 0 Å². The maximum absolute atomic E-state index is 11.8. The van der Waals surface area contributed by atoms with E-state index in [-0.39, 0.29) is 5.91 Å². The van der Waals surface area contributed by atoms with Gasteiger partial charge < -0.3 is 4.90 Å². The Bertz CT molecular complexity index is 269. The molecule has 3 nitrogen and oxygen atoms in total. The van der Waals surface area contributed by atoms with Crippen molar-refractivity contribution in [3.63, 3.8) is 0 Å². The molecule has 0 radical (unpaired) electrons. The quantitative estimate of drug-likeness (QED) is 0.698. The first kappa shape index (κ1) is 12.0. The van der Waals surface area contributed by atoms with Gasteiger partial charge in [0.2, 0.25) is 5.91 Å². The van der Waals surface area contributed by atoms with Gasteiger partial charge in [-0.2, -0.15) is 5.26 Å². The third-order valence-corrected chi connectivity index (χ3v) is 3.48. The van der Waals surface area contributed by atoms with Crippen LogP contribution in [0.25, 0.3) is 0 Å². The molecule has 0 bridgehead atoms. The van der Waals surface area contributed by atoms with Gasteiger partial charge in [0.25, 0.3) is 0 Å². The van der Waals surface area contributed by atoms with Gasteiger partial charge in [-0.1, -0.05) is 19.8 Å². The van der Waals surface area contributed by atoms with Crippen LogP contribution in [0.5, 0.6) is 0 Å². The van der Waals surface area contributed by atoms with Gasteiger partial charge in [0.05, 0.1) is 6.07 Å². The summed E-state index contributed by atoms with van der Waals surface area (Å²) >= 11 is 0. The number of nitrogens with zero attached hydrogens (tertiary/aromatic N) is 2. The third-order valence-electron chi connectivity index (χ3n) is 3.48. The molecule has 0 heterocycles. The van der Waals surface area contributed by atoms with E-state index in [2.05, 4.69) is 6.92 Å². The van der Waals surface area contributed by atoms with E-state index in [1.165, 1.54) is 19.3 Å². The second-order valence-electron chi connectivity index (χ2n) is 4.63. The van der Waals surface area contributed by atoms with Gasteiger partial charge in [-0.3, -0.25) is 4.79 Å². The zero-order chi connectivity index (χ0) is 11.4. The lowest BCUT2D eigenvalue weighted by Gasteiger charge is -2.36. The van der Waals surface area contributed by atoms with Crippen molar-refractivity contribution in [2.24, 2.45) is 11.8 Å². The monoisotopic (exact) mass is 208 g/mol. The van der Waals surface area contributed by atoms with Crippen molar-refractivity contribution in [1.29, 1.82) is 5.26 Å². The summed E-state index contributed by atoms with van der Waals surface area (Å²) in [6.45, 7) is 3.87.